The second-order valence-corrected chi connectivity index (χ2v) is 6.64. The molecule has 2 saturated carbocycles. The Balaban J connectivity index is 1.40. The van der Waals surface area contributed by atoms with Crippen LogP contribution < -0.4 is 10.9 Å². The number of hydrogen-bond acceptors (Lipinski definition) is 4. The fourth-order valence-corrected chi connectivity index (χ4v) is 3.01. The highest BCUT2D eigenvalue weighted by Crippen LogP contribution is 2.40. The predicted molar refractivity (Wildman–Crippen MR) is 85.5 cm³/mol. The number of pyridine rings is 1. The van der Waals surface area contributed by atoms with Gasteiger partial charge < -0.3 is 10.3 Å². The average molecular weight is 317 g/mol. The molecule has 6 heteroatoms. The lowest BCUT2D eigenvalue weighted by atomic mass is 9.78. The van der Waals surface area contributed by atoms with Crippen molar-refractivity contribution >= 4 is 17.4 Å². The molecule has 0 aliphatic heterocycles. The van der Waals surface area contributed by atoms with Gasteiger partial charge in [0.15, 0.2) is 0 Å². The molecule has 114 valence electrons. The van der Waals surface area contributed by atoms with E-state index in [2.05, 4.69) is 20.3 Å². The number of H-pyrrole nitrogens is 1. The molecule has 2 N–H and O–H groups in total. The van der Waals surface area contributed by atoms with E-state index >= 15 is 0 Å². The van der Waals surface area contributed by atoms with Gasteiger partial charge >= 0.3 is 0 Å². The number of nitrogens with zero attached hydrogens (tertiary/aromatic N) is 2. The first-order valence-corrected chi connectivity index (χ1v) is 8.04. The molecular formula is C16H17ClN4O. The van der Waals surface area contributed by atoms with E-state index in [1.165, 1.54) is 0 Å². The van der Waals surface area contributed by atoms with E-state index in [1.54, 1.807) is 12.3 Å². The molecular weight excluding hydrogens is 300 g/mol. The molecule has 2 fully saturated rings. The third kappa shape index (κ3) is 2.86. The summed E-state index contributed by atoms with van der Waals surface area (Å²) >= 11 is 5.83. The lowest BCUT2D eigenvalue weighted by Gasteiger charge is -2.35. The number of aromatic nitrogens is 3. The van der Waals surface area contributed by atoms with Gasteiger partial charge in [-0.2, -0.15) is 0 Å². The molecule has 5 nitrogen and oxygen atoms in total. The van der Waals surface area contributed by atoms with Crippen molar-refractivity contribution in [1.29, 1.82) is 0 Å². The molecule has 22 heavy (non-hydrogen) atoms. The molecule has 0 aromatic carbocycles. The maximum absolute atomic E-state index is 11.8. The van der Waals surface area contributed by atoms with Crippen molar-refractivity contribution in [3.63, 3.8) is 0 Å². The Morgan fingerprint density at radius 3 is 2.73 bits per heavy atom. The lowest BCUT2D eigenvalue weighted by Crippen LogP contribution is -2.35. The molecule has 0 unspecified atom stereocenters. The fourth-order valence-electron chi connectivity index (χ4n) is 2.90. The van der Waals surface area contributed by atoms with Crippen LogP contribution in [0.2, 0.25) is 5.02 Å². The number of nitrogens with one attached hydrogen (secondary N) is 2. The van der Waals surface area contributed by atoms with E-state index in [-0.39, 0.29) is 5.56 Å². The Labute approximate surface area is 133 Å². The summed E-state index contributed by atoms with van der Waals surface area (Å²) in [6.45, 7) is 0. The Bertz CT molecular complexity index is 733. The minimum atomic E-state index is -0.0253. The van der Waals surface area contributed by atoms with Crippen molar-refractivity contribution in [2.24, 2.45) is 0 Å². The van der Waals surface area contributed by atoms with Crippen molar-refractivity contribution in [3.8, 4) is 0 Å². The minimum Gasteiger partial charge on any atom is -0.367 e. The number of anilines is 1. The quantitative estimate of drug-likeness (QED) is 0.909. The van der Waals surface area contributed by atoms with Crippen LogP contribution in [0.1, 0.15) is 49.0 Å². The summed E-state index contributed by atoms with van der Waals surface area (Å²) in [6.07, 6.45) is 5.88. The maximum Gasteiger partial charge on any atom is 0.251 e. The molecule has 0 radical (unpaired) electrons. The molecule has 0 spiro atoms. The molecule has 2 aromatic heterocycles. The Hall–Kier alpha value is -1.88. The standard InChI is InChI=1S/C16H17ClN4O/c17-11-3-4-14(18-8-11)19-12-5-10(6-12)13-7-15(22)21-16(20-13)9-1-2-9/h3-4,7-10,12H,1-2,5-6H2,(H,18,19)(H,20,21,22). The summed E-state index contributed by atoms with van der Waals surface area (Å²) in [5.41, 5.74) is 0.912. The first-order chi connectivity index (χ1) is 10.7. The van der Waals surface area contributed by atoms with Gasteiger partial charge in [0.05, 0.1) is 10.7 Å². The van der Waals surface area contributed by atoms with E-state index in [4.69, 9.17) is 11.6 Å². The second kappa shape index (κ2) is 5.39. The summed E-state index contributed by atoms with van der Waals surface area (Å²) < 4.78 is 0. The zero-order valence-electron chi connectivity index (χ0n) is 12.1. The average Bonchev–Trinajstić information content (AvgIpc) is 3.28. The van der Waals surface area contributed by atoms with Gasteiger partial charge in [0.25, 0.3) is 5.56 Å². The van der Waals surface area contributed by atoms with Crippen LogP contribution in [-0.4, -0.2) is 21.0 Å². The van der Waals surface area contributed by atoms with Gasteiger partial charge in [-0.3, -0.25) is 4.79 Å². The van der Waals surface area contributed by atoms with Crippen molar-refractivity contribution < 1.29 is 0 Å². The molecule has 0 saturated heterocycles. The van der Waals surface area contributed by atoms with Gasteiger partial charge in [-0.25, -0.2) is 9.97 Å². The Morgan fingerprint density at radius 2 is 2.05 bits per heavy atom. The van der Waals surface area contributed by atoms with E-state index in [1.807, 2.05) is 12.1 Å². The molecule has 2 heterocycles. The van der Waals surface area contributed by atoms with Gasteiger partial charge in [-0.15, -0.1) is 0 Å². The lowest BCUT2D eigenvalue weighted by molar-refractivity contribution is 0.365. The zero-order chi connectivity index (χ0) is 15.1. The maximum atomic E-state index is 11.8. The molecule has 2 aromatic rings. The van der Waals surface area contributed by atoms with Crippen molar-refractivity contribution in [3.05, 3.63) is 51.3 Å². The third-order valence-corrected chi connectivity index (χ3v) is 4.60. The minimum absolute atomic E-state index is 0.0253. The molecule has 0 bridgehead atoms. The van der Waals surface area contributed by atoms with Crippen LogP contribution in [0.15, 0.2) is 29.2 Å². The van der Waals surface area contributed by atoms with Gasteiger partial charge in [0.1, 0.15) is 11.6 Å². The van der Waals surface area contributed by atoms with Crippen LogP contribution in [0.3, 0.4) is 0 Å². The normalized spacial score (nSPS) is 23.9. The third-order valence-electron chi connectivity index (χ3n) is 4.38. The Kier molecular flexibility index (Phi) is 3.37. The van der Waals surface area contributed by atoms with Gasteiger partial charge in [0.2, 0.25) is 0 Å². The van der Waals surface area contributed by atoms with Crippen LogP contribution in [0, 0.1) is 0 Å². The molecule has 0 atom stereocenters. The number of aromatic amines is 1. The van der Waals surface area contributed by atoms with Crippen LogP contribution in [0.5, 0.6) is 0 Å². The van der Waals surface area contributed by atoms with Crippen LogP contribution in [-0.2, 0) is 0 Å². The van der Waals surface area contributed by atoms with E-state index in [0.717, 1.165) is 43.0 Å². The van der Waals surface area contributed by atoms with Gasteiger partial charge in [0, 0.05) is 30.1 Å². The van der Waals surface area contributed by atoms with Crippen LogP contribution >= 0.6 is 11.6 Å². The van der Waals surface area contributed by atoms with E-state index in [9.17, 15) is 4.79 Å². The summed E-state index contributed by atoms with van der Waals surface area (Å²) in [6, 6.07) is 5.73. The molecule has 2 aliphatic carbocycles. The van der Waals surface area contributed by atoms with E-state index in [0.29, 0.717) is 22.9 Å². The molecule has 4 rings (SSSR count). The zero-order valence-corrected chi connectivity index (χ0v) is 12.8. The van der Waals surface area contributed by atoms with E-state index < -0.39 is 0 Å². The number of hydrogen-bond donors (Lipinski definition) is 2. The van der Waals surface area contributed by atoms with Crippen LogP contribution in [0.4, 0.5) is 5.82 Å². The van der Waals surface area contributed by atoms with Crippen molar-refractivity contribution in [1.82, 2.24) is 15.0 Å². The first-order valence-electron chi connectivity index (χ1n) is 7.66. The van der Waals surface area contributed by atoms with Gasteiger partial charge in [-0.05, 0) is 37.8 Å². The largest absolute Gasteiger partial charge is 0.367 e. The second-order valence-electron chi connectivity index (χ2n) is 6.20. The highest BCUT2D eigenvalue weighted by atomic mass is 35.5. The first kappa shape index (κ1) is 13.8. The number of halogens is 1. The summed E-state index contributed by atoms with van der Waals surface area (Å²) in [5.74, 6) is 2.55. The topological polar surface area (TPSA) is 70.7 Å². The predicted octanol–water partition coefficient (Wildman–Crippen LogP) is 3.05. The summed E-state index contributed by atoms with van der Waals surface area (Å²) in [4.78, 5) is 23.5. The Morgan fingerprint density at radius 1 is 1.23 bits per heavy atom. The fraction of sp³-hybridized carbons (Fsp3) is 0.438. The van der Waals surface area contributed by atoms with Crippen molar-refractivity contribution in [2.75, 3.05) is 5.32 Å². The smallest absolute Gasteiger partial charge is 0.251 e. The highest BCUT2D eigenvalue weighted by molar-refractivity contribution is 6.30. The number of rotatable bonds is 4. The van der Waals surface area contributed by atoms with Crippen molar-refractivity contribution in [2.45, 2.75) is 43.6 Å². The summed E-state index contributed by atoms with van der Waals surface area (Å²) in [7, 11) is 0. The van der Waals surface area contributed by atoms with Crippen LogP contribution in [0.25, 0.3) is 0 Å². The van der Waals surface area contributed by atoms with Gasteiger partial charge in [-0.1, -0.05) is 11.6 Å². The SMILES string of the molecule is O=c1cc(C2CC(Nc3ccc(Cl)cn3)C2)nc(C2CC2)[nH]1. The highest BCUT2D eigenvalue weighted by Gasteiger charge is 2.33. The molecule has 0 amide bonds. The monoisotopic (exact) mass is 316 g/mol. The summed E-state index contributed by atoms with van der Waals surface area (Å²) in [5, 5.41) is 4.02. The molecule has 2 aliphatic rings.